The van der Waals surface area contributed by atoms with Crippen LogP contribution in [0, 0.1) is 6.92 Å². The fourth-order valence-corrected chi connectivity index (χ4v) is 2.54. The molecule has 0 aromatic heterocycles. The van der Waals surface area contributed by atoms with Gasteiger partial charge >= 0.3 is 12.1 Å². The van der Waals surface area contributed by atoms with E-state index in [1.807, 2.05) is 25.1 Å². The van der Waals surface area contributed by atoms with Crippen molar-refractivity contribution in [3.8, 4) is 11.5 Å². The number of aryl methyl sites for hydroxylation is 1. The predicted molar refractivity (Wildman–Crippen MR) is 113 cm³/mol. The number of hydrogen-bond donors (Lipinski definition) is 3. The monoisotopic (exact) mass is 391 g/mol. The number of benzene rings is 3. The van der Waals surface area contributed by atoms with Crippen LogP contribution in [0.25, 0.3) is 0 Å². The first kappa shape index (κ1) is 19.8. The van der Waals surface area contributed by atoms with Gasteiger partial charge in [-0.25, -0.2) is 9.59 Å². The van der Waals surface area contributed by atoms with Gasteiger partial charge in [-0.3, -0.25) is 5.32 Å². The van der Waals surface area contributed by atoms with Crippen LogP contribution in [-0.4, -0.2) is 19.2 Å². The van der Waals surface area contributed by atoms with E-state index in [1.165, 1.54) is 0 Å². The number of carbonyl (C=O) groups excluding carboxylic acids is 2. The first-order valence-corrected chi connectivity index (χ1v) is 8.90. The lowest BCUT2D eigenvalue weighted by molar-refractivity contribution is 0.215. The van der Waals surface area contributed by atoms with Gasteiger partial charge in [0, 0.05) is 17.1 Å². The van der Waals surface area contributed by atoms with E-state index in [4.69, 9.17) is 9.47 Å². The molecule has 0 atom stereocenters. The molecule has 7 nitrogen and oxygen atoms in total. The molecule has 0 aliphatic rings. The number of hydrogen-bond acceptors (Lipinski definition) is 4. The Balaban J connectivity index is 1.62. The molecular formula is C22H21N3O4. The van der Waals surface area contributed by atoms with Crippen LogP contribution in [0.3, 0.4) is 0 Å². The zero-order valence-electron chi connectivity index (χ0n) is 16.1. The molecule has 7 heteroatoms. The largest absolute Gasteiger partial charge is 0.497 e. The summed E-state index contributed by atoms with van der Waals surface area (Å²) in [6, 6.07) is 20.6. The predicted octanol–water partition coefficient (Wildman–Crippen LogP) is 5.26. The summed E-state index contributed by atoms with van der Waals surface area (Å²) < 4.78 is 10.3. The third-order valence-corrected chi connectivity index (χ3v) is 4.03. The van der Waals surface area contributed by atoms with Crippen molar-refractivity contribution in [1.29, 1.82) is 0 Å². The van der Waals surface area contributed by atoms with Crippen molar-refractivity contribution in [2.45, 2.75) is 6.92 Å². The molecule has 0 fully saturated rings. The van der Waals surface area contributed by atoms with Gasteiger partial charge in [0.1, 0.15) is 11.5 Å². The Hall–Kier alpha value is -4.00. The van der Waals surface area contributed by atoms with E-state index in [-0.39, 0.29) is 6.03 Å². The molecule has 0 saturated carbocycles. The highest BCUT2D eigenvalue weighted by Gasteiger charge is 2.10. The van der Waals surface area contributed by atoms with Crippen molar-refractivity contribution in [3.63, 3.8) is 0 Å². The van der Waals surface area contributed by atoms with Crippen molar-refractivity contribution in [2.75, 3.05) is 23.1 Å². The molecule has 3 aromatic carbocycles. The first-order chi connectivity index (χ1) is 14.0. The maximum atomic E-state index is 12.2. The van der Waals surface area contributed by atoms with E-state index in [9.17, 15) is 9.59 Å². The number of nitrogens with one attached hydrogen (secondary N) is 3. The third-order valence-electron chi connectivity index (χ3n) is 4.03. The first-order valence-electron chi connectivity index (χ1n) is 8.90. The summed E-state index contributed by atoms with van der Waals surface area (Å²) >= 11 is 0. The molecule has 29 heavy (non-hydrogen) atoms. The molecule has 0 aliphatic heterocycles. The minimum absolute atomic E-state index is 0.383. The second-order valence-electron chi connectivity index (χ2n) is 6.16. The van der Waals surface area contributed by atoms with Gasteiger partial charge in [-0.15, -0.1) is 0 Å². The summed E-state index contributed by atoms with van der Waals surface area (Å²) in [4.78, 5) is 24.3. The topological polar surface area (TPSA) is 88.7 Å². The summed E-state index contributed by atoms with van der Waals surface area (Å²) in [5.41, 5.74) is 2.56. The number of anilines is 3. The van der Waals surface area contributed by atoms with Crippen LogP contribution in [0.2, 0.25) is 0 Å². The maximum Gasteiger partial charge on any atom is 0.417 e. The fourth-order valence-electron chi connectivity index (χ4n) is 2.54. The lowest BCUT2D eigenvalue weighted by atomic mass is 10.2. The molecule has 0 bridgehead atoms. The van der Waals surface area contributed by atoms with Crippen LogP contribution < -0.4 is 25.4 Å². The molecule has 0 radical (unpaired) electrons. The van der Waals surface area contributed by atoms with Crippen LogP contribution in [0.5, 0.6) is 11.5 Å². The van der Waals surface area contributed by atoms with Crippen molar-refractivity contribution in [3.05, 3.63) is 78.4 Å². The van der Waals surface area contributed by atoms with E-state index >= 15 is 0 Å². The fraction of sp³-hybridized carbons (Fsp3) is 0.0909. The number of urea groups is 1. The van der Waals surface area contributed by atoms with Gasteiger partial charge in [0.05, 0.1) is 7.11 Å². The molecule has 0 heterocycles. The van der Waals surface area contributed by atoms with Gasteiger partial charge in [-0.2, -0.15) is 0 Å². The average Bonchev–Trinajstić information content (AvgIpc) is 2.71. The van der Waals surface area contributed by atoms with Crippen molar-refractivity contribution in [2.24, 2.45) is 0 Å². The van der Waals surface area contributed by atoms with E-state index in [2.05, 4.69) is 16.0 Å². The molecule has 148 valence electrons. The van der Waals surface area contributed by atoms with Crippen molar-refractivity contribution >= 4 is 29.2 Å². The maximum absolute atomic E-state index is 12.2. The van der Waals surface area contributed by atoms with Gasteiger partial charge in [0.2, 0.25) is 0 Å². The molecule has 0 unspecified atom stereocenters. The second-order valence-corrected chi connectivity index (χ2v) is 6.16. The normalized spacial score (nSPS) is 10.0. The molecule has 3 amide bonds. The lowest BCUT2D eigenvalue weighted by Gasteiger charge is -2.12. The highest BCUT2D eigenvalue weighted by molar-refractivity contribution is 6.00. The summed E-state index contributed by atoms with van der Waals surface area (Å²) in [6.07, 6.45) is -0.635. The van der Waals surface area contributed by atoms with E-state index in [1.54, 1.807) is 61.7 Å². The van der Waals surface area contributed by atoms with Gasteiger partial charge in [0.15, 0.2) is 0 Å². The molecule has 3 N–H and O–H groups in total. The van der Waals surface area contributed by atoms with Crippen molar-refractivity contribution < 1.29 is 19.1 Å². The minimum atomic E-state index is -0.635. The van der Waals surface area contributed by atoms with Crippen LogP contribution in [0.15, 0.2) is 72.8 Å². The Bertz CT molecular complexity index is 989. The highest BCUT2D eigenvalue weighted by Crippen LogP contribution is 2.22. The Morgan fingerprint density at radius 1 is 0.759 bits per heavy atom. The van der Waals surface area contributed by atoms with Gasteiger partial charge in [-0.05, 0) is 61.0 Å². The summed E-state index contributed by atoms with van der Waals surface area (Å²) in [5, 5.41) is 8.16. The van der Waals surface area contributed by atoms with E-state index in [0.29, 0.717) is 28.6 Å². The number of ether oxygens (including phenoxy) is 2. The summed E-state index contributed by atoms with van der Waals surface area (Å²) in [7, 11) is 1.56. The van der Waals surface area contributed by atoms with E-state index < -0.39 is 6.09 Å². The van der Waals surface area contributed by atoms with Gasteiger partial charge < -0.3 is 20.1 Å². The SMILES string of the molecule is COc1ccc(OC(=O)Nc2cc(NC(=O)Nc3ccccc3)ccc2C)cc1. The van der Waals surface area contributed by atoms with Gasteiger partial charge in [-0.1, -0.05) is 24.3 Å². The molecule has 0 aliphatic carbocycles. The smallest absolute Gasteiger partial charge is 0.417 e. The number of amides is 3. The molecule has 0 spiro atoms. The van der Waals surface area contributed by atoms with Crippen LogP contribution in [0.4, 0.5) is 26.7 Å². The molecule has 3 rings (SSSR count). The standard InChI is InChI=1S/C22H21N3O4/c1-15-8-9-17(24-21(26)23-16-6-4-3-5-7-16)14-20(15)25-22(27)29-19-12-10-18(28-2)11-13-19/h3-14H,1-2H3,(H,25,27)(H2,23,24,26). The zero-order valence-corrected chi connectivity index (χ0v) is 16.1. The Morgan fingerprint density at radius 2 is 1.41 bits per heavy atom. The van der Waals surface area contributed by atoms with E-state index in [0.717, 1.165) is 5.56 Å². The van der Waals surface area contributed by atoms with Crippen LogP contribution in [-0.2, 0) is 0 Å². The number of para-hydroxylation sites is 1. The quantitative estimate of drug-likeness (QED) is 0.554. The molecule has 0 saturated heterocycles. The zero-order chi connectivity index (χ0) is 20.6. The highest BCUT2D eigenvalue weighted by atomic mass is 16.6. The Kier molecular flexibility index (Phi) is 6.32. The second kappa shape index (κ2) is 9.27. The number of carbonyl (C=O) groups is 2. The average molecular weight is 391 g/mol. The van der Waals surface area contributed by atoms with Crippen molar-refractivity contribution in [1.82, 2.24) is 0 Å². The summed E-state index contributed by atoms with van der Waals surface area (Å²) in [6.45, 7) is 1.84. The number of methoxy groups -OCH3 is 1. The van der Waals surface area contributed by atoms with Crippen LogP contribution in [0.1, 0.15) is 5.56 Å². The Morgan fingerprint density at radius 3 is 2.10 bits per heavy atom. The molecule has 3 aromatic rings. The Labute approximate surface area is 168 Å². The van der Waals surface area contributed by atoms with Crippen LogP contribution >= 0.6 is 0 Å². The lowest BCUT2D eigenvalue weighted by Crippen LogP contribution is -2.20. The number of rotatable bonds is 5. The third kappa shape index (κ3) is 5.74. The minimum Gasteiger partial charge on any atom is -0.497 e. The molecular weight excluding hydrogens is 370 g/mol. The van der Waals surface area contributed by atoms with Gasteiger partial charge in [0.25, 0.3) is 0 Å². The summed E-state index contributed by atoms with van der Waals surface area (Å²) in [5.74, 6) is 1.05.